The number of thiol groups is 1. The molecule has 0 aromatic rings. The van der Waals surface area contributed by atoms with Gasteiger partial charge in [-0.05, 0) is 20.8 Å². The Morgan fingerprint density at radius 1 is 1.21 bits per heavy atom. The summed E-state index contributed by atoms with van der Waals surface area (Å²) in [5.74, 6) is 0. The molecule has 86 valence electrons. The smallest absolute Gasteiger partial charge is 0.287 e. The first-order valence-electron chi connectivity index (χ1n) is 4.70. The second kappa shape index (κ2) is 6.85. The van der Waals surface area contributed by atoms with E-state index in [1.807, 2.05) is 6.92 Å². The van der Waals surface area contributed by atoms with Crippen LogP contribution in [0.15, 0.2) is 0 Å². The first-order chi connectivity index (χ1) is 6.45. The lowest BCUT2D eigenvalue weighted by Crippen LogP contribution is -2.18. The molecule has 2 atom stereocenters. The van der Waals surface area contributed by atoms with Gasteiger partial charge in [-0.3, -0.25) is 13.6 Å². The van der Waals surface area contributed by atoms with E-state index in [9.17, 15) is 4.57 Å². The van der Waals surface area contributed by atoms with Crippen molar-refractivity contribution in [2.75, 3.05) is 13.2 Å². The molecule has 0 N–H and O–H groups in total. The van der Waals surface area contributed by atoms with Gasteiger partial charge >= 0.3 is 7.82 Å². The monoisotopic (exact) mass is 242 g/mol. The molecule has 4 nitrogen and oxygen atoms in total. The summed E-state index contributed by atoms with van der Waals surface area (Å²) < 4.78 is 27.0. The highest BCUT2D eigenvalue weighted by Gasteiger charge is 2.29. The summed E-state index contributed by atoms with van der Waals surface area (Å²) in [6, 6.07) is 0. The standard InChI is InChI=1S/C8H19O4PS/c1-5-10-13(9,11-6-2)12-7(3)8(4)14/h7-8,14H,5-6H2,1-4H3. The Labute approximate surface area is 91.3 Å². The van der Waals surface area contributed by atoms with E-state index in [4.69, 9.17) is 13.6 Å². The van der Waals surface area contributed by atoms with Crippen molar-refractivity contribution in [2.24, 2.45) is 0 Å². The van der Waals surface area contributed by atoms with Crippen LogP contribution in [0.4, 0.5) is 0 Å². The maximum absolute atomic E-state index is 11.8. The molecule has 0 saturated heterocycles. The van der Waals surface area contributed by atoms with E-state index in [0.29, 0.717) is 13.2 Å². The molecule has 0 radical (unpaired) electrons. The maximum Gasteiger partial charge on any atom is 0.475 e. The Morgan fingerprint density at radius 3 is 1.93 bits per heavy atom. The maximum atomic E-state index is 11.8. The molecule has 0 spiro atoms. The van der Waals surface area contributed by atoms with Gasteiger partial charge in [0.2, 0.25) is 0 Å². The minimum absolute atomic E-state index is 0.0239. The lowest BCUT2D eigenvalue weighted by Gasteiger charge is -2.22. The summed E-state index contributed by atoms with van der Waals surface area (Å²) in [7, 11) is -3.38. The quantitative estimate of drug-likeness (QED) is 0.550. The van der Waals surface area contributed by atoms with Gasteiger partial charge in [-0.15, -0.1) is 0 Å². The predicted octanol–water partition coefficient (Wildman–Crippen LogP) is 2.89. The second-order valence-electron chi connectivity index (χ2n) is 2.83. The van der Waals surface area contributed by atoms with E-state index in [1.165, 1.54) is 0 Å². The summed E-state index contributed by atoms with van der Waals surface area (Å²) in [6.45, 7) is 7.71. The van der Waals surface area contributed by atoms with Gasteiger partial charge in [0, 0.05) is 5.25 Å². The number of phosphoric acid groups is 1. The van der Waals surface area contributed by atoms with Gasteiger partial charge in [0.25, 0.3) is 0 Å². The highest BCUT2D eigenvalue weighted by Crippen LogP contribution is 2.50. The number of rotatable bonds is 7. The average molecular weight is 242 g/mol. The molecule has 0 rings (SSSR count). The Morgan fingerprint density at radius 2 is 1.64 bits per heavy atom. The van der Waals surface area contributed by atoms with E-state index >= 15 is 0 Å². The van der Waals surface area contributed by atoms with Crippen LogP contribution >= 0.6 is 20.5 Å². The summed E-state index contributed by atoms with van der Waals surface area (Å²) in [5, 5.41) is -0.0239. The molecule has 14 heavy (non-hydrogen) atoms. The zero-order chi connectivity index (χ0) is 11.2. The zero-order valence-corrected chi connectivity index (χ0v) is 10.9. The average Bonchev–Trinajstić information content (AvgIpc) is 2.04. The fourth-order valence-electron chi connectivity index (χ4n) is 0.706. The van der Waals surface area contributed by atoms with E-state index in [2.05, 4.69) is 12.6 Å². The van der Waals surface area contributed by atoms with E-state index in [1.54, 1.807) is 20.8 Å². The molecule has 0 aliphatic heterocycles. The van der Waals surface area contributed by atoms with Gasteiger partial charge in [-0.2, -0.15) is 12.6 Å². The Bertz CT molecular complexity index is 188. The Hall–Kier alpha value is 0.460. The van der Waals surface area contributed by atoms with E-state index < -0.39 is 7.82 Å². The van der Waals surface area contributed by atoms with Crippen molar-refractivity contribution in [3.05, 3.63) is 0 Å². The molecule has 2 unspecified atom stereocenters. The molecule has 0 aromatic heterocycles. The SMILES string of the molecule is CCOP(=O)(OCC)OC(C)C(C)S. The van der Waals surface area contributed by atoms with Gasteiger partial charge < -0.3 is 0 Å². The summed E-state index contributed by atoms with van der Waals surface area (Å²) >= 11 is 4.18. The van der Waals surface area contributed by atoms with Crippen LogP contribution in [0, 0.1) is 0 Å². The van der Waals surface area contributed by atoms with Crippen molar-refractivity contribution in [1.82, 2.24) is 0 Å². The summed E-state index contributed by atoms with van der Waals surface area (Å²) in [5.41, 5.74) is 0. The summed E-state index contributed by atoms with van der Waals surface area (Å²) in [4.78, 5) is 0. The van der Waals surface area contributed by atoms with Crippen molar-refractivity contribution >= 4 is 20.5 Å². The van der Waals surface area contributed by atoms with Crippen LogP contribution in [0.25, 0.3) is 0 Å². The topological polar surface area (TPSA) is 44.8 Å². The molecule has 0 fully saturated rings. The number of hydrogen-bond acceptors (Lipinski definition) is 5. The molecular weight excluding hydrogens is 223 g/mol. The molecule has 6 heteroatoms. The Kier molecular flexibility index (Phi) is 7.08. The molecular formula is C8H19O4PS. The minimum atomic E-state index is -3.38. The van der Waals surface area contributed by atoms with Crippen molar-refractivity contribution in [1.29, 1.82) is 0 Å². The van der Waals surface area contributed by atoms with Gasteiger partial charge in [0.05, 0.1) is 19.3 Å². The van der Waals surface area contributed by atoms with Crippen LogP contribution < -0.4 is 0 Å². The largest absolute Gasteiger partial charge is 0.475 e. The van der Waals surface area contributed by atoms with Crippen LogP contribution in [0.1, 0.15) is 27.7 Å². The van der Waals surface area contributed by atoms with Gasteiger partial charge in [0.15, 0.2) is 0 Å². The molecule has 0 saturated carbocycles. The van der Waals surface area contributed by atoms with Gasteiger partial charge in [-0.25, -0.2) is 4.57 Å². The van der Waals surface area contributed by atoms with Crippen LogP contribution in [0.2, 0.25) is 0 Å². The van der Waals surface area contributed by atoms with Gasteiger partial charge in [0.1, 0.15) is 0 Å². The summed E-state index contributed by atoms with van der Waals surface area (Å²) in [6.07, 6.45) is -0.276. The number of phosphoric ester groups is 1. The molecule has 0 bridgehead atoms. The minimum Gasteiger partial charge on any atom is -0.287 e. The zero-order valence-electron chi connectivity index (χ0n) is 9.10. The lowest BCUT2D eigenvalue weighted by molar-refractivity contribution is 0.0916. The van der Waals surface area contributed by atoms with Crippen LogP contribution in [0.3, 0.4) is 0 Å². The van der Waals surface area contributed by atoms with E-state index in [-0.39, 0.29) is 11.4 Å². The fourth-order valence-corrected chi connectivity index (χ4v) is 2.28. The normalized spacial score (nSPS) is 16.6. The predicted molar refractivity (Wildman–Crippen MR) is 59.9 cm³/mol. The highest BCUT2D eigenvalue weighted by atomic mass is 32.1. The van der Waals surface area contributed by atoms with Gasteiger partial charge in [-0.1, -0.05) is 6.92 Å². The first-order valence-corrected chi connectivity index (χ1v) is 6.68. The molecule has 0 heterocycles. The molecule has 0 amide bonds. The Balaban J connectivity index is 4.28. The third-order valence-corrected chi connectivity index (χ3v) is 3.71. The molecule has 0 aromatic carbocycles. The second-order valence-corrected chi connectivity index (χ2v) is 5.27. The van der Waals surface area contributed by atoms with E-state index in [0.717, 1.165) is 0 Å². The van der Waals surface area contributed by atoms with Crippen LogP contribution in [-0.4, -0.2) is 24.6 Å². The van der Waals surface area contributed by atoms with Crippen molar-refractivity contribution in [3.8, 4) is 0 Å². The van der Waals surface area contributed by atoms with Crippen LogP contribution in [0.5, 0.6) is 0 Å². The third kappa shape index (κ3) is 5.37. The lowest BCUT2D eigenvalue weighted by atomic mass is 10.3. The van der Waals surface area contributed by atoms with Crippen molar-refractivity contribution in [3.63, 3.8) is 0 Å². The number of hydrogen-bond donors (Lipinski definition) is 1. The van der Waals surface area contributed by atoms with Crippen molar-refractivity contribution < 1.29 is 18.1 Å². The highest BCUT2D eigenvalue weighted by molar-refractivity contribution is 7.81. The van der Waals surface area contributed by atoms with Crippen LogP contribution in [-0.2, 0) is 18.1 Å². The fraction of sp³-hybridized carbons (Fsp3) is 1.00. The molecule has 0 aliphatic carbocycles. The van der Waals surface area contributed by atoms with Crippen molar-refractivity contribution in [2.45, 2.75) is 39.0 Å². The first kappa shape index (κ1) is 14.5. The third-order valence-electron chi connectivity index (χ3n) is 1.55. The molecule has 0 aliphatic rings.